The highest BCUT2D eigenvalue weighted by Crippen LogP contribution is 2.34. The van der Waals surface area contributed by atoms with E-state index in [1.807, 2.05) is 76.7 Å². The minimum absolute atomic E-state index is 0.0410. The summed E-state index contributed by atoms with van der Waals surface area (Å²) >= 11 is 0. The Balaban J connectivity index is 1.16. The summed E-state index contributed by atoms with van der Waals surface area (Å²) in [4.78, 5) is 35.6. The van der Waals surface area contributed by atoms with Crippen molar-refractivity contribution in [1.29, 1.82) is 0 Å². The number of amides is 4. The van der Waals surface area contributed by atoms with Crippen molar-refractivity contribution >= 4 is 34.8 Å². The van der Waals surface area contributed by atoms with E-state index < -0.39 is 0 Å². The van der Waals surface area contributed by atoms with E-state index in [0.29, 0.717) is 23.9 Å². The standard InChI is InChI=1S/C36H54N6O2/c1-39(2)31-21-17-29(18-22-31)37-35(43)41(33-9-5-6-10-33)25-27-13-15-28(16-14-27)26-42(34-11-7-8-12-34)36(44)38-30-19-23-32(24-20-30)40(3)4/h17-24,27-28,33-34H,5-16,25-26H2,1-4H3,(H,37,43)(H,38,44)/t27-,28+. The molecule has 0 aromatic heterocycles. The van der Waals surface area contributed by atoms with Crippen molar-refractivity contribution in [3.8, 4) is 0 Å². The van der Waals surface area contributed by atoms with Crippen molar-refractivity contribution < 1.29 is 9.59 Å². The van der Waals surface area contributed by atoms with Crippen LogP contribution in [0.25, 0.3) is 0 Å². The number of nitrogens with zero attached hydrogens (tertiary/aromatic N) is 4. The van der Waals surface area contributed by atoms with Gasteiger partial charge in [-0.2, -0.15) is 0 Å². The van der Waals surface area contributed by atoms with Crippen LogP contribution >= 0.6 is 0 Å². The second kappa shape index (κ2) is 15.0. The molecule has 0 spiro atoms. The first-order chi connectivity index (χ1) is 21.3. The van der Waals surface area contributed by atoms with Gasteiger partial charge >= 0.3 is 12.1 Å². The molecule has 3 aliphatic carbocycles. The molecule has 2 N–H and O–H groups in total. The average molecular weight is 603 g/mol. The molecular formula is C36H54N6O2. The summed E-state index contributed by atoms with van der Waals surface area (Å²) in [6.07, 6.45) is 13.7. The van der Waals surface area contributed by atoms with Gasteiger partial charge in [0.1, 0.15) is 0 Å². The normalized spacial score (nSPS) is 20.7. The highest BCUT2D eigenvalue weighted by molar-refractivity contribution is 5.90. The summed E-state index contributed by atoms with van der Waals surface area (Å²) in [5.41, 5.74) is 3.95. The molecule has 8 nitrogen and oxygen atoms in total. The molecule has 0 aliphatic heterocycles. The fourth-order valence-electron chi connectivity index (χ4n) is 7.46. The first-order valence-electron chi connectivity index (χ1n) is 17.0. The molecule has 0 saturated heterocycles. The topological polar surface area (TPSA) is 71.2 Å². The largest absolute Gasteiger partial charge is 0.378 e. The van der Waals surface area contributed by atoms with E-state index in [2.05, 4.69) is 30.2 Å². The van der Waals surface area contributed by atoms with Gasteiger partial charge in [-0.1, -0.05) is 25.7 Å². The maximum Gasteiger partial charge on any atom is 0.322 e. The minimum Gasteiger partial charge on any atom is -0.378 e. The molecule has 4 amide bonds. The first-order valence-corrected chi connectivity index (χ1v) is 17.0. The van der Waals surface area contributed by atoms with Crippen LogP contribution in [0.3, 0.4) is 0 Å². The number of hydrogen-bond acceptors (Lipinski definition) is 4. The fraction of sp³-hybridized carbons (Fsp3) is 0.611. The van der Waals surface area contributed by atoms with E-state index in [9.17, 15) is 9.59 Å². The summed E-state index contributed by atoms with van der Waals surface area (Å²) < 4.78 is 0. The van der Waals surface area contributed by atoms with Gasteiger partial charge in [0.2, 0.25) is 0 Å². The van der Waals surface area contributed by atoms with E-state index in [4.69, 9.17) is 0 Å². The predicted octanol–water partition coefficient (Wildman–Crippen LogP) is 7.88. The SMILES string of the molecule is CN(C)c1ccc(NC(=O)N(C[C@H]2CC[C@@H](CN(C(=O)Nc3ccc(N(C)C)cc3)C3CCCC3)CC2)C2CCCC2)cc1. The van der Waals surface area contributed by atoms with Crippen molar-refractivity contribution in [2.45, 2.75) is 89.1 Å². The number of urea groups is 2. The Hall–Kier alpha value is -3.42. The van der Waals surface area contributed by atoms with Crippen molar-refractivity contribution in [2.75, 3.05) is 61.7 Å². The van der Waals surface area contributed by atoms with Crippen molar-refractivity contribution in [3.63, 3.8) is 0 Å². The van der Waals surface area contributed by atoms with Crippen LogP contribution in [0.15, 0.2) is 48.5 Å². The molecule has 240 valence electrons. The summed E-state index contributed by atoms with van der Waals surface area (Å²) in [5, 5.41) is 6.39. The van der Waals surface area contributed by atoms with Gasteiger partial charge in [-0.15, -0.1) is 0 Å². The molecule has 0 heterocycles. The molecule has 0 atom stereocenters. The third-order valence-electron chi connectivity index (χ3n) is 10.2. The van der Waals surface area contributed by atoms with E-state index in [1.54, 1.807) is 0 Å². The number of nitrogens with one attached hydrogen (secondary N) is 2. The molecule has 0 radical (unpaired) electrons. The third-order valence-corrected chi connectivity index (χ3v) is 10.2. The van der Waals surface area contributed by atoms with Crippen LogP contribution in [-0.4, -0.2) is 75.2 Å². The average Bonchev–Trinajstić information content (AvgIpc) is 3.75. The number of carbonyl (C=O) groups excluding carboxylic acids is 2. The Bertz CT molecular complexity index is 1100. The highest BCUT2D eigenvalue weighted by Gasteiger charge is 2.33. The molecule has 3 fully saturated rings. The lowest BCUT2D eigenvalue weighted by molar-refractivity contribution is 0.134. The van der Waals surface area contributed by atoms with Gasteiger partial charge in [0.15, 0.2) is 0 Å². The number of rotatable bonds is 10. The molecule has 44 heavy (non-hydrogen) atoms. The van der Waals surface area contributed by atoms with Gasteiger partial charge in [0.05, 0.1) is 0 Å². The lowest BCUT2D eigenvalue weighted by atomic mass is 9.81. The van der Waals surface area contributed by atoms with Crippen molar-refractivity contribution in [3.05, 3.63) is 48.5 Å². The smallest absolute Gasteiger partial charge is 0.322 e. The van der Waals surface area contributed by atoms with E-state index >= 15 is 0 Å². The molecule has 3 aliphatic rings. The second-order valence-electron chi connectivity index (χ2n) is 13.8. The third kappa shape index (κ3) is 8.39. The summed E-state index contributed by atoms with van der Waals surface area (Å²) in [7, 11) is 8.10. The van der Waals surface area contributed by atoms with Gasteiger partial charge in [-0.25, -0.2) is 9.59 Å². The Morgan fingerprint density at radius 3 is 1.16 bits per heavy atom. The van der Waals surface area contributed by atoms with E-state index in [0.717, 1.165) is 87.2 Å². The Morgan fingerprint density at radius 2 is 0.864 bits per heavy atom. The lowest BCUT2D eigenvalue weighted by Crippen LogP contribution is -2.46. The molecular weight excluding hydrogens is 548 g/mol. The molecule has 0 unspecified atom stereocenters. The zero-order chi connectivity index (χ0) is 31.1. The zero-order valence-corrected chi connectivity index (χ0v) is 27.4. The Kier molecular flexibility index (Phi) is 10.9. The van der Waals surface area contributed by atoms with Crippen LogP contribution in [-0.2, 0) is 0 Å². The predicted molar refractivity (Wildman–Crippen MR) is 183 cm³/mol. The van der Waals surface area contributed by atoms with Crippen LogP contribution in [0.4, 0.5) is 32.3 Å². The van der Waals surface area contributed by atoms with Crippen LogP contribution < -0.4 is 20.4 Å². The lowest BCUT2D eigenvalue weighted by Gasteiger charge is -2.38. The summed E-state index contributed by atoms with van der Waals surface area (Å²) in [6.45, 7) is 1.66. The summed E-state index contributed by atoms with van der Waals surface area (Å²) in [6, 6.07) is 16.9. The van der Waals surface area contributed by atoms with Crippen LogP contribution in [0.2, 0.25) is 0 Å². The maximum atomic E-state index is 13.6. The highest BCUT2D eigenvalue weighted by atomic mass is 16.2. The summed E-state index contributed by atoms with van der Waals surface area (Å²) in [5.74, 6) is 1.02. The van der Waals surface area contributed by atoms with Gasteiger partial charge in [-0.05, 0) is 112 Å². The minimum atomic E-state index is 0.0410. The van der Waals surface area contributed by atoms with Gasteiger partial charge in [-0.3, -0.25) is 0 Å². The number of hydrogen-bond donors (Lipinski definition) is 2. The van der Waals surface area contributed by atoms with Crippen LogP contribution in [0.1, 0.15) is 77.0 Å². The molecule has 8 heteroatoms. The van der Waals surface area contributed by atoms with E-state index in [1.165, 1.54) is 25.7 Å². The van der Waals surface area contributed by atoms with Crippen molar-refractivity contribution in [1.82, 2.24) is 9.80 Å². The number of carbonyl (C=O) groups is 2. The quantitative estimate of drug-likeness (QED) is 0.290. The molecule has 2 aromatic carbocycles. The van der Waals surface area contributed by atoms with E-state index in [-0.39, 0.29) is 12.1 Å². The monoisotopic (exact) mass is 602 g/mol. The number of benzene rings is 2. The van der Waals surface area contributed by atoms with Crippen LogP contribution in [0, 0.1) is 11.8 Å². The van der Waals surface area contributed by atoms with Crippen LogP contribution in [0.5, 0.6) is 0 Å². The zero-order valence-electron chi connectivity index (χ0n) is 27.4. The fourth-order valence-corrected chi connectivity index (χ4v) is 7.46. The number of anilines is 4. The molecule has 5 rings (SSSR count). The second-order valence-corrected chi connectivity index (χ2v) is 13.8. The Morgan fingerprint density at radius 1 is 0.545 bits per heavy atom. The Labute approximate surface area is 265 Å². The maximum absolute atomic E-state index is 13.6. The van der Waals surface area contributed by atoms with Gasteiger partial charge in [0, 0.05) is 76.1 Å². The molecule has 3 saturated carbocycles. The van der Waals surface area contributed by atoms with Crippen molar-refractivity contribution in [2.24, 2.45) is 11.8 Å². The van der Waals surface area contributed by atoms with Gasteiger partial charge < -0.3 is 30.2 Å². The first kappa shape index (κ1) is 32.0. The van der Waals surface area contributed by atoms with Gasteiger partial charge in [0.25, 0.3) is 0 Å². The molecule has 0 bridgehead atoms. The molecule has 2 aromatic rings.